The summed E-state index contributed by atoms with van der Waals surface area (Å²) in [5.74, 6) is -3.62. The molecule has 7 atom stereocenters. The van der Waals surface area contributed by atoms with Crippen LogP contribution in [0.1, 0.15) is 47.5 Å². The van der Waals surface area contributed by atoms with Gasteiger partial charge in [-0.05, 0) is 39.2 Å². The van der Waals surface area contributed by atoms with Crippen LogP contribution in [0, 0.1) is 17.8 Å². The maximum Gasteiger partial charge on any atom is 0.313 e. The Hall–Kier alpha value is -2.24. The quantitative estimate of drug-likeness (QED) is 0.373. The molecule has 10 nitrogen and oxygen atoms in total. The summed E-state index contributed by atoms with van der Waals surface area (Å²) in [6.07, 6.45) is 4.83. The molecule has 2 saturated heterocycles. The Kier molecular flexibility index (Phi) is 8.40. The molecular formula is C27H38BrN3O7. The molecule has 38 heavy (non-hydrogen) atoms. The predicted molar refractivity (Wildman–Crippen MR) is 142 cm³/mol. The number of nitrogens with one attached hydrogen (secondary N) is 1. The smallest absolute Gasteiger partial charge is 0.313 e. The summed E-state index contributed by atoms with van der Waals surface area (Å²) in [6.45, 7) is 9.31. The minimum Gasteiger partial charge on any atom is -0.460 e. The van der Waals surface area contributed by atoms with Crippen molar-refractivity contribution in [2.24, 2.45) is 17.8 Å². The van der Waals surface area contributed by atoms with Gasteiger partial charge in [0.2, 0.25) is 17.7 Å². The fourth-order valence-electron chi connectivity index (χ4n) is 6.08. The number of cyclic esters (lactones) is 1. The molecule has 3 amide bonds. The van der Waals surface area contributed by atoms with Crippen LogP contribution in [0.15, 0.2) is 22.7 Å². The van der Waals surface area contributed by atoms with Crippen LogP contribution in [0.3, 0.4) is 0 Å². The number of ether oxygens (including phenoxy) is 2. The first-order valence-electron chi connectivity index (χ1n) is 13.4. The molecule has 2 fully saturated rings. The number of hydrogen-bond acceptors (Lipinski definition) is 7. The van der Waals surface area contributed by atoms with Crippen LogP contribution in [-0.2, 0) is 28.7 Å². The molecule has 210 valence electrons. The first-order chi connectivity index (χ1) is 17.9. The van der Waals surface area contributed by atoms with Crippen molar-refractivity contribution < 1.29 is 33.8 Å². The van der Waals surface area contributed by atoms with Gasteiger partial charge in [-0.15, -0.1) is 0 Å². The summed E-state index contributed by atoms with van der Waals surface area (Å²) in [5.41, 5.74) is -1.38. The van der Waals surface area contributed by atoms with Crippen LogP contribution < -0.4 is 5.32 Å². The van der Waals surface area contributed by atoms with E-state index in [1.807, 2.05) is 39.8 Å². The van der Waals surface area contributed by atoms with E-state index in [4.69, 9.17) is 9.47 Å². The second-order valence-corrected chi connectivity index (χ2v) is 12.1. The summed E-state index contributed by atoms with van der Waals surface area (Å²) in [5, 5.41) is 13.1. The molecule has 4 aliphatic heterocycles. The Morgan fingerprint density at radius 3 is 2.50 bits per heavy atom. The van der Waals surface area contributed by atoms with Crippen LogP contribution in [0.25, 0.3) is 0 Å². The van der Waals surface area contributed by atoms with Gasteiger partial charge in [0.1, 0.15) is 29.8 Å². The van der Waals surface area contributed by atoms with Crippen LogP contribution >= 0.6 is 15.9 Å². The Balaban J connectivity index is 1.84. The lowest BCUT2D eigenvalue weighted by atomic mass is 9.74. The van der Waals surface area contributed by atoms with Gasteiger partial charge < -0.3 is 29.7 Å². The largest absolute Gasteiger partial charge is 0.460 e. The van der Waals surface area contributed by atoms with Crippen molar-refractivity contribution in [2.45, 2.75) is 83.4 Å². The number of fused-ring (bicyclic) bond motifs is 2. The van der Waals surface area contributed by atoms with E-state index in [2.05, 4.69) is 21.2 Å². The maximum absolute atomic E-state index is 14.4. The number of esters is 1. The third-order valence-corrected chi connectivity index (χ3v) is 8.68. The third kappa shape index (κ3) is 4.81. The molecule has 4 rings (SSSR count). The highest BCUT2D eigenvalue weighted by atomic mass is 79.9. The lowest BCUT2D eigenvalue weighted by Gasteiger charge is -2.40. The van der Waals surface area contributed by atoms with Crippen molar-refractivity contribution in [1.82, 2.24) is 15.1 Å². The number of rotatable bonds is 4. The van der Waals surface area contributed by atoms with Crippen molar-refractivity contribution in [3.8, 4) is 0 Å². The zero-order valence-electron chi connectivity index (χ0n) is 22.6. The Labute approximate surface area is 231 Å². The monoisotopic (exact) mass is 595 g/mol. The fraction of sp³-hybridized carbons (Fsp3) is 0.704. The molecule has 5 bridgehead atoms. The van der Waals surface area contributed by atoms with Crippen LogP contribution in [0.5, 0.6) is 0 Å². The highest BCUT2D eigenvalue weighted by Gasteiger charge is 2.75. The minimum absolute atomic E-state index is 0.140. The second kappa shape index (κ2) is 11.1. The number of halogens is 1. The number of aliphatic hydroxyl groups excluding tert-OH is 1. The zero-order valence-corrected chi connectivity index (χ0v) is 24.1. The lowest BCUT2D eigenvalue weighted by Crippen LogP contribution is -2.60. The van der Waals surface area contributed by atoms with Gasteiger partial charge in [0, 0.05) is 23.5 Å². The third-order valence-electron chi connectivity index (χ3n) is 8.00. The van der Waals surface area contributed by atoms with Gasteiger partial charge in [-0.25, -0.2) is 0 Å². The summed E-state index contributed by atoms with van der Waals surface area (Å²) < 4.78 is 12.7. The Morgan fingerprint density at radius 2 is 1.87 bits per heavy atom. The SMILES string of the molecule is CC(C)[C@H](CO)N1C(=O)[C@@H]2[C@H]3C(=O)O[C@@H](C)CNC(=O)CC/C=C\CN(C(C)C)C(=O)[C@@H]1[C@]21C=C(Br)[C@H]3O1. The molecule has 2 N–H and O–H groups in total. The van der Waals surface area contributed by atoms with Crippen molar-refractivity contribution in [1.29, 1.82) is 0 Å². The average Bonchev–Trinajstić information content (AvgIpc) is 3.43. The van der Waals surface area contributed by atoms with E-state index in [0.29, 0.717) is 10.9 Å². The van der Waals surface area contributed by atoms with E-state index >= 15 is 0 Å². The number of carbonyl (C=O) groups excluding carboxylic acids is 4. The van der Waals surface area contributed by atoms with Gasteiger partial charge in [-0.3, -0.25) is 19.2 Å². The first-order valence-corrected chi connectivity index (χ1v) is 14.2. The van der Waals surface area contributed by atoms with Gasteiger partial charge in [0.05, 0.1) is 25.1 Å². The van der Waals surface area contributed by atoms with E-state index in [1.54, 1.807) is 17.9 Å². The lowest BCUT2D eigenvalue weighted by molar-refractivity contribution is -0.160. The predicted octanol–water partition coefficient (Wildman–Crippen LogP) is 1.51. The molecule has 0 aliphatic carbocycles. The molecule has 0 aromatic heterocycles. The van der Waals surface area contributed by atoms with E-state index in [-0.39, 0.29) is 49.9 Å². The molecule has 11 heteroatoms. The summed E-state index contributed by atoms with van der Waals surface area (Å²) in [6, 6.07) is -1.92. The topological polar surface area (TPSA) is 125 Å². The maximum atomic E-state index is 14.4. The number of likely N-dealkylation sites (tertiary alicyclic amines) is 1. The molecule has 4 aliphatic rings. The van der Waals surface area contributed by atoms with Gasteiger partial charge >= 0.3 is 5.97 Å². The number of allylic oxidation sites excluding steroid dienone is 1. The standard InChI is InChI=1S/C27H38BrN3O7/c1-14(2)18(13-32)31-23-25(35)30(15(3)4)10-8-6-7-9-19(33)29-12-16(5)37-26(36)20-21(24(31)34)27(23)11-17(28)22(20)38-27/h6,8,11,14-16,18,20-23,32H,7,9-10,12-13H2,1-5H3,(H,29,33)/b8-6-/t16-,18-,20+,21-,22+,23+,27-/m0/s1. The van der Waals surface area contributed by atoms with E-state index < -0.39 is 53.6 Å². The molecule has 0 radical (unpaired) electrons. The van der Waals surface area contributed by atoms with Crippen molar-refractivity contribution in [2.75, 3.05) is 19.7 Å². The van der Waals surface area contributed by atoms with Gasteiger partial charge in [-0.1, -0.05) is 41.9 Å². The molecular weight excluding hydrogens is 558 g/mol. The summed E-state index contributed by atoms with van der Waals surface area (Å²) in [4.78, 5) is 57.4. The molecule has 1 spiro atoms. The molecule has 0 aromatic carbocycles. The zero-order chi connectivity index (χ0) is 27.9. The Morgan fingerprint density at radius 1 is 1.16 bits per heavy atom. The average molecular weight is 597 g/mol. The Bertz CT molecular complexity index is 1040. The number of nitrogens with zero attached hydrogens (tertiary/aromatic N) is 2. The van der Waals surface area contributed by atoms with Crippen LogP contribution in [0.4, 0.5) is 0 Å². The van der Waals surface area contributed by atoms with Gasteiger partial charge in [0.25, 0.3) is 0 Å². The molecule has 4 heterocycles. The van der Waals surface area contributed by atoms with E-state index in [9.17, 15) is 24.3 Å². The first kappa shape index (κ1) is 28.8. The highest BCUT2D eigenvalue weighted by molar-refractivity contribution is 9.11. The van der Waals surface area contributed by atoms with Gasteiger partial charge in [0.15, 0.2) is 0 Å². The number of hydrogen-bond donors (Lipinski definition) is 2. The summed E-state index contributed by atoms with van der Waals surface area (Å²) in [7, 11) is 0. The van der Waals surface area contributed by atoms with Crippen molar-refractivity contribution in [3.63, 3.8) is 0 Å². The molecule has 0 aromatic rings. The number of carbonyl (C=O) groups is 4. The highest BCUT2D eigenvalue weighted by Crippen LogP contribution is 2.59. The van der Waals surface area contributed by atoms with Crippen molar-refractivity contribution in [3.05, 3.63) is 22.7 Å². The number of aliphatic hydroxyl groups is 1. The van der Waals surface area contributed by atoms with Gasteiger partial charge in [-0.2, -0.15) is 0 Å². The molecule has 0 unspecified atom stereocenters. The van der Waals surface area contributed by atoms with E-state index in [0.717, 1.165) is 0 Å². The van der Waals surface area contributed by atoms with Crippen LogP contribution in [-0.4, -0.2) is 94.2 Å². The second-order valence-electron chi connectivity index (χ2n) is 11.2. The normalized spacial score (nSPS) is 35.9. The van der Waals surface area contributed by atoms with E-state index in [1.165, 1.54) is 4.90 Å². The minimum atomic E-state index is -1.38. The fourth-order valence-corrected chi connectivity index (χ4v) is 6.82. The van der Waals surface area contributed by atoms with Crippen molar-refractivity contribution >= 4 is 39.6 Å². The molecule has 0 saturated carbocycles. The van der Waals surface area contributed by atoms with Crippen LogP contribution in [0.2, 0.25) is 0 Å². The summed E-state index contributed by atoms with van der Waals surface area (Å²) >= 11 is 3.52. The number of amides is 3.